The fraction of sp³-hybridized carbons (Fsp3) is 0.750. The number of nitrogens with zero attached hydrogens (tertiary/aromatic N) is 1. The molecular formula is C52H95NO7P+. The topological polar surface area (TPSA) is 91.3 Å². The third kappa shape index (κ3) is 48.8. The standard InChI is InChI=1S/C52H94NO7P/c1-6-8-10-12-14-16-18-20-21-22-23-24-25-26-27-28-29-30-31-32-34-36-38-40-42-44-47-57-49-51(50-59-61(55,56)58-48-46-53(3,4)5)60-52(54)45-43-41-39-37-35-33-19-17-15-13-11-9-7-2/h9,11,15,17-18,20,22-23,33,35,39,41,51H,6-8,10,12-14,16,19,21,24-32,34,36-38,40,42-50H2,1-5H3/p+1/b11-9-,17-15-,20-18-,23-22-,35-33-,41-39-. The number of phosphoric ester groups is 1. The van der Waals surface area contributed by atoms with E-state index >= 15 is 0 Å². The van der Waals surface area contributed by atoms with E-state index in [9.17, 15) is 14.3 Å². The summed E-state index contributed by atoms with van der Waals surface area (Å²) in [6.07, 6.45) is 58.4. The molecule has 0 aliphatic carbocycles. The second-order valence-electron chi connectivity index (χ2n) is 17.5. The number of hydrogen-bond acceptors (Lipinski definition) is 6. The quantitative estimate of drug-likeness (QED) is 0.0214. The normalized spacial score (nSPS) is 14.3. The molecular weight excluding hydrogens is 782 g/mol. The first-order valence-electron chi connectivity index (χ1n) is 24.7. The highest BCUT2D eigenvalue weighted by Crippen LogP contribution is 2.43. The Balaban J connectivity index is 4.12. The highest BCUT2D eigenvalue weighted by molar-refractivity contribution is 7.47. The van der Waals surface area contributed by atoms with Crippen molar-refractivity contribution in [3.8, 4) is 0 Å². The largest absolute Gasteiger partial charge is 0.472 e. The summed E-state index contributed by atoms with van der Waals surface area (Å²) in [4.78, 5) is 22.9. The van der Waals surface area contributed by atoms with Gasteiger partial charge in [0.05, 0.1) is 34.4 Å². The zero-order valence-corrected chi connectivity index (χ0v) is 41.0. The van der Waals surface area contributed by atoms with E-state index in [1.165, 1.54) is 122 Å². The van der Waals surface area contributed by atoms with Crippen molar-refractivity contribution >= 4 is 13.8 Å². The van der Waals surface area contributed by atoms with Gasteiger partial charge in [0.15, 0.2) is 0 Å². The minimum Gasteiger partial charge on any atom is -0.457 e. The van der Waals surface area contributed by atoms with Crippen LogP contribution in [0.3, 0.4) is 0 Å². The summed E-state index contributed by atoms with van der Waals surface area (Å²) in [6, 6.07) is 0. The number of likely N-dealkylation sites (N-methyl/N-ethyl adjacent to an activating group) is 1. The Morgan fingerprint density at radius 1 is 0.525 bits per heavy atom. The molecule has 0 rings (SSSR count). The molecule has 0 radical (unpaired) electrons. The summed E-state index contributed by atoms with van der Waals surface area (Å²) in [5.74, 6) is -0.394. The number of carbonyl (C=O) groups is 1. The number of ether oxygens (including phenoxy) is 2. The van der Waals surface area contributed by atoms with Crippen LogP contribution in [-0.4, -0.2) is 75.6 Å². The maximum absolute atomic E-state index is 12.7. The van der Waals surface area contributed by atoms with Crippen molar-refractivity contribution in [2.75, 3.05) is 54.1 Å². The molecule has 2 unspecified atom stereocenters. The summed E-state index contributed by atoms with van der Waals surface area (Å²) in [5.41, 5.74) is 0. The molecule has 61 heavy (non-hydrogen) atoms. The summed E-state index contributed by atoms with van der Waals surface area (Å²) >= 11 is 0. The molecule has 0 aromatic heterocycles. The van der Waals surface area contributed by atoms with Crippen LogP contribution in [0, 0.1) is 0 Å². The summed E-state index contributed by atoms with van der Waals surface area (Å²) in [6.45, 7) is 5.39. The third-order valence-corrected chi connectivity index (χ3v) is 11.2. The van der Waals surface area contributed by atoms with E-state index in [-0.39, 0.29) is 26.2 Å². The monoisotopic (exact) mass is 877 g/mol. The van der Waals surface area contributed by atoms with Gasteiger partial charge >= 0.3 is 13.8 Å². The van der Waals surface area contributed by atoms with E-state index in [2.05, 4.69) is 74.6 Å². The van der Waals surface area contributed by atoms with Crippen LogP contribution in [-0.2, 0) is 27.9 Å². The zero-order chi connectivity index (χ0) is 44.8. The molecule has 0 aromatic rings. The number of unbranched alkanes of at least 4 members (excludes halogenated alkanes) is 19. The summed E-state index contributed by atoms with van der Waals surface area (Å²) in [7, 11) is 1.62. The van der Waals surface area contributed by atoms with Crippen LogP contribution in [0.15, 0.2) is 72.9 Å². The van der Waals surface area contributed by atoms with Crippen LogP contribution < -0.4 is 0 Å². The smallest absolute Gasteiger partial charge is 0.457 e. The predicted molar refractivity (Wildman–Crippen MR) is 261 cm³/mol. The van der Waals surface area contributed by atoms with Gasteiger partial charge in [-0.25, -0.2) is 4.57 Å². The van der Waals surface area contributed by atoms with Gasteiger partial charge in [0.1, 0.15) is 19.3 Å². The molecule has 2 atom stereocenters. The van der Waals surface area contributed by atoms with Crippen molar-refractivity contribution in [1.82, 2.24) is 0 Å². The molecule has 8 nitrogen and oxygen atoms in total. The molecule has 1 N–H and O–H groups in total. The lowest BCUT2D eigenvalue weighted by Gasteiger charge is -2.24. The second-order valence-corrected chi connectivity index (χ2v) is 18.9. The molecule has 0 saturated heterocycles. The Bertz CT molecular complexity index is 1200. The average molecular weight is 877 g/mol. The third-order valence-electron chi connectivity index (χ3n) is 10.3. The Hall–Kier alpha value is -2.06. The fourth-order valence-corrected chi connectivity index (χ4v) is 7.22. The molecule has 0 aliphatic rings. The summed E-state index contributed by atoms with van der Waals surface area (Å²) < 4.78 is 35.0. The first-order valence-corrected chi connectivity index (χ1v) is 26.2. The molecule has 0 fully saturated rings. The maximum atomic E-state index is 12.7. The molecule has 354 valence electrons. The Labute approximate surface area is 376 Å². The number of phosphoric acid groups is 1. The SMILES string of the molecule is CC/C=C\C/C=C\C/C=C\C/C=C\CCC(=O)OC(COCCCCCCCCCCCCCCCC/C=C\C/C=C\CCCCCCC)COP(=O)(O)OCC[N+](C)(C)C. The minimum atomic E-state index is -4.30. The number of carbonyl (C=O) groups excluding carboxylic acids is 1. The van der Waals surface area contributed by atoms with E-state index in [0.717, 1.165) is 44.9 Å². The van der Waals surface area contributed by atoms with E-state index in [4.69, 9.17) is 18.5 Å². The Kier molecular flexibility index (Phi) is 43.0. The van der Waals surface area contributed by atoms with E-state index in [1.54, 1.807) is 0 Å². The Morgan fingerprint density at radius 3 is 1.43 bits per heavy atom. The van der Waals surface area contributed by atoms with Crippen LogP contribution in [0.4, 0.5) is 0 Å². The van der Waals surface area contributed by atoms with Crippen molar-refractivity contribution in [3.63, 3.8) is 0 Å². The van der Waals surface area contributed by atoms with Gasteiger partial charge in [0, 0.05) is 13.0 Å². The highest BCUT2D eigenvalue weighted by atomic mass is 31.2. The van der Waals surface area contributed by atoms with Crippen molar-refractivity contribution in [2.24, 2.45) is 0 Å². The lowest BCUT2D eigenvalue weighted by molar-refractivity contribution is -0.870. The molecule has 0 aromatic carbocycles. The number of rotatable bonds is 45. The van der Waals surface area contributed by atoms with Gasteiger partial charge in [-0.1, -0.05) is 189 Å². The van der Waals surface area contributed by atoms with Gasteiger partial charge in [-0.2, -0.15) is 0 Å². The lowest BCUT2D eigenvalue weighted by atomic mass is 10.0. The van der Waals surface area contributed by atoms with Gasteiger partial charge < -0.3 is 18.9 Å². The molecule has 9 heteroatoms. The second kappa shape index (κ2) is 44.5. The van der Waals surface area contributed by atoms with Crippen LogP contribution >= 0.6 is 7.82 Å². The highest BCUT2D eigenvalue weighted by Gasteiger charge is 2.26. The first-order chi connectivity index (χ1) is 29.6. The number of quaternary nitrogens is 1. The number of allylic oxidation sites excluding steroid dienone is 12. The summed E-state index contributed by atoms with van der Waals surface area (Å²) in [5, 5.41) is 0. The molecule has 0 spiro atoms. The molecule has 0 saturated carbocycles. The first kappa shape index (κ1) is 58.9. The van der Waals surface area contributed by atoms with Crippen LogP contribution in [0.2, 0.25) is 0 Å². The van der Waals surface area contributed by atoms with Gasteiger partial charge in [-0.05, 0) is 70.6 Å². The lowest BCUT2D eigenvalue weighted by Crippen LogP contribution is -2.37. The maximum Gasteiger partial charge on any atom is 0.472 e. The van der Waals surface area contributed by atoms with Crippen molar-refractivity contribution in [3.05, 3.63) is 72.9 Å². The van der Waals surface area contributed by atoms with Gasteiger partial charge in [0.25, 0.3) is 0 Å². The van der Waals surface area contributed by atoms with Gasteiger partial charge in [-0.15, -0.1) is 0 Å². The van der Waals surface area contributed by atoms with Crippen LogP contribution in [0.5, 0.6) is 0 Å². The number of hydrogen-bond donors (Lipinski definition) is 1. The fourth-order valence-electron chi connectivity index (χ4n) is 6.48. The predicted octanol–water partition coefficient (Wildman–Crippen LogP) is 15.1. The van der Waals surface area contributed by atoms with Crippen molar-refractivity contribution in [2.45, 2.75) is 200 Å². The van der Waals surface area contributed by atoms with E-state index in [1.807, 2.05) is 33.3 Å². The number of esters is 1. The molecule has 0 bridgehead atoms. The van der Waals surface area contributed by atoms with Crippen molar-refractivity contribution in [1.29, 1.82) is 0 Å². The zero-order valence-electron chi connectivity index (χ0n) is 40.1. The van der Waals surface area contributed by atoms with E-state index in [0.29, 0.717) is 24.1 Å². The molecule has 0 amide bonds. The average Bonchev–Trinajstić information content (AvgIpc) is 3.22. The Morgan fingerprint density at radius 2 is 0.951 bits per heavy atom. The van der Waals surface area contributed by atoms with Gasteiger partial charge in [0.2, 0.25) is 0 Å². The van der Waals surface area contributed by atoms with Gasteiger partial charge in [-0.3, -0.25) is 13.8 Å². The van der Waals surface area contributed by atoms with E-state index < -0.39 is 19.9 Å². The van der Waals surface area contributed by atoms with Crippen molar-refractivity contribution < 1.29 is 37.3 Å². The van der Waals surface area contributed by atoms with Crippen LogP contribution in [0.1, 0.15) is 194 Å². The van der Waals surface area contributed by atoms with Crippen LogP contribution in [0.25, 0.3) is 0 Å². The molecule has 0 heterocycles. The minimum absolute atomic E-state index is 0.0733. The molecule has 0 aliphatic heterocycles.